The van der Waals surface area contributed by atoms with Crippen molar-refractivity contribution in [3.8, 4) is 0 Å². The smallest absolute Gasteiger partial charge is 0.220 e. The van der Waals surface area contributed by atoms with Crippen LogP contribution >= 0.6 is 0 Å². The van der Waals surface area contributed by atoms with Crippen molar-refractivity contribution in [1.29, 1.82) is 0 Å². The van der Waals surface area contributed by atoms with Gasteiger partial charge in [-0.05, 0) is 19.3 Å². The second-order valence-corrected chi connectivity index (χ2v) is 3.94. The molecule has 1 fully saturated rings. The highest BCUT2D eigenvalue weighted by molar-refractivity contribution is 5.90. The molecule has 0 bridgehead atoms. The van der Waals surface area contributed by atoms with Crippen molar-refractivity contribution >= 4 is 11.7 Å². The van der Waals surface area contributed by atoms with Gasteiger partial charge in [0.1, 0.15) is 0 Å². The van der Waals surface area contributed by atoms with Crippen molar-refractivity contribution in [2.75, 3.05) is 0 Å². The summed E-state index contributed by atoms with van der Waals surface area (Å²) in [4.78, 5) is 22.6. The van der Waals surface area contributed by atoms with Gasteiger partial charge in [-0.2, -0.15) is 0 Å². The van der Waals surface area contributed by atoms with Crippen LogP contribution in [0.2, 0.25) is 0 Å². The third kappa shape index (κ3) is 3.48. The molecule has 1 atom stereocenters. The molecule has 0 heterocycles. The lowest BCUT2D eigenvalue weighted by atomic mass is 10.2. The lowest BCUT2D eigenvalue weighted by molar-refractivity contribution is -0.126. The SMILES string of the molecule is CCCCCC(=O)NC1CCCC1=O. The number of carbonyl (C=O) groups excluding carboxylic acids is 2. The first-order chi connectivity index (χ1) is 6.74. The van der Waals surface area contributed by atoms with Crippen molar-refractivity contribution in [3.05, 3.63) is 0 Å². The topological polar surface area (TPSA) is 46.2 Å². The second kappa shape index (κ2) is 5.78. The van der Waals surface area contributed by atoms with Crippen LogP contribution in [0.5, 0.6) is 0 Å². The van der Waals surface area contributed by atoms with Crippen molar-refractivity contribution in [2.24, 2.45) is 0 Å². The minimum Gasteiger partial charge on any atom is -0.346 e. The predicted molar refractivity (Wildman–Crippen MR) is 54.9 cm³/mol. The van der Waals surface area contributed by atoms with E-state index in [1.165, 1.54) is 0 Å². The van der Waals surface area contributed by atoms with Gasteiger partial charge in [-0.3, -0.25) is 9.59 Å². The van der Waals surface area contributed by atoms with Crippen LogP contribution in [0.1, 0.15) is 51.9 Å². The second-order valence-electron chi connectivity index (χ2n) is 3.94. The van der Waals surface area contributed by atoms with E-state index in [0.29, 0.717) is 12.8 Å². The highest BCUT2D eigenvalue weighted by atomic mass is 16.2. The van der Waals surface area contributed by atoms with Gasteiger partial charge in [0.05, 0.1) is 6.04 Å². The van der Waals surface area contributed by atoms with Crippen molar-refractivity contribution in [2.45, 2.75) is 57.9 Å². The molecular weight excluding hydrogens is 178 g/mol. The van der Waals surface area contributed by atoms with E-state index in [2.05, 4.69) is 12.2 Å². The molecule has 1 aliphatic carbocycles. The fourth-order valence-corrected chi connectivity index (χ4v) is 1.77. The summed E-state index contributed by atoms with van der Waals surface area (Å²) in [6, 6.07) is -0.177. The monoisotopic (exact) mass is 197 g/mol. The van der Waals surface area contributed by atoms with Gasteiger partial charge >= 0.3 is 0 Å². The molecule has 0 spiro atoms. The Hall–Kier alpha value is -0.860. The maximum atomic E-state index is 11.4. The molecule has 3 heteroatoms. The van der Waals surface area contributed by atoms with Gasteiger partial charge in [0, 0.05) is 12.8 Å². The molecule has 1 N–H and O–H groups in total. The van der Waals surface area contributed by atoms with E-state index in [9.17, 15) is 9.59 Å². The van der Waals surface area contributed by atoms with Crippen molar-refractivity contribution < 1.29 is 9.59 Å². The molecule has 0 aromatic carbocycles. The van der Waals surface area contributed by atoms with Crippen molar-refractivity contribution in [1.82, 2.24) is 5.32 Å². The van der Waals surface area contributed by atoms with Crippen molar-refractivity contribution in [3.63, 3.8) is 0 Å². The predicted octanol–water partition coefficient (Wildman–Crippen LogP) is 1.80. The third-order valence-electron chi connectivity index (χ3n) is 2.65. The standard InChI is InChI=1S/C11H19NO2/c1-2-3-4-8-11(14)12-9-6-5-7-10(9)13/h9H,2-8H2,1H3,(H,12,14). The summed E-state index contributed by atoms with van der Waals surface area (Å²) < 4.78 is 0. The van der Waals surface area contributed by atoms with Crippen LogP contribution in [-0.2, 0) is 9.59 Å². The number of amides is 1. The van der Waals surface area contributed by atoms with Crippen LogP contribution in [-0.4, -0.2) is 17.7 Å². The minimum absolute atomic E-state index is 0.0405. The number of Topliss-reactive ketones (excluding diaryl/α,β-unsaturated/α-hetero) is 1. The Kier molecular flexibility index (Phi) is 4.63. The van der Waals surface area contributed by atoms with Gasteiger partial charge in [0.15, 0.2) is 5.78 Å². The molecule has 1 amide bonds. The normalized spacial score (nSPS) is 21.2. The molecule has 0 saturated heterocycles. The summed E-state index contributed by atoms with van der Waals surface area (Å²) >= 11 is 0. The van der Waals surface area contributed by atoms with Crippen LogP contribution in [0, 0.1) is 0 Å². The zero-order valence-corrected chi connectivity index (χ0v) is 8.84. The maximum absolute atomic E-state index is 11.4. The Morgan fingerprint density at radius 3 is 2.86 bits per heavy atom. The summed E-state index contributed by atoms with van der Waals surface area (Å²) in [6.45, 7) is 2.11. The number of ketones is 1. The highest BCUT2D eigenvalue weighted by Gasteiger charge is 2.25. The van der Waals surface area contributed by atoms with Gasteiger partial charge in [-0.15, -0.1) is 0 Å². The Labute approximate surface area is 85.3 Å². The first-order valence-electron chi connectivity index (χ1n) is 5.56. The van der Waals surface area contributed by atoms with Crippen LogP contribution in [0.4, 0.5) is 0 Å². The number of rotatable bonds is 5. The van der Waals surface area contributed by atoms with E-state index in [-0.39, 0.29) is 17.7 Å². The first kappa shape index (κ1) is 11.2. The molecule has 0 aromatic heterocycles. The highest BCUT2D eigenvalue weighted by Crippen LogP contribution is 2.14. The fourth-order valence-electron chi connectivity index (χ4n) is 1.77. The average molecular weight is 197 g/mol. The molecule has 1 unspecified atom stereocenters. The molecule has 3 nitrogen and oxygen atoms in total. The van der Waals surface area contributed by atoms with Gasteiger partial charge in [-0.25, -0.2) is 0 Å². The van der Waals surface area contributed by atoms with Gasteiger partial charge < -0.3 is 5.32 Å². The van der Waals surface area contributed by atoms with Crippen LogP contribution in [0.25, 0.3) is 0 Å². The van der Waals surface area contributed by atoms with E-state index in [1.807, 2.05) is 0 Å². The lowest BCUT2D eigenvalue weighted by Crippen LogP contribution is -2.37. The number of unbranched alkanes of at least 4 members (excludes halogenated alkanes) is 2. The number of hydrogen-bond donors (Lipinski definition) is 1. The Balaban J connectivity index is 2.16. The number of carbonyl (C=O) groups is 2. The molecule has 0 radical (unpaired) electrons. The molecule has 14 heavy (non-hydrogen) atoms. The first-order valence-corrected chi connectivity index (χ1v) is 5.56. The largest absolute Gasteiger partial charge is 0.346 e. The number of nitrogens with one attached hydrogen (secondary N) is 1. The lowest BCUT2D eigenvalue weighted by Gasteiger charge is -2.10. The zero-order chi connectivity index (χ0) is 10.4. The summed E-state index contributed by atoms with van der Waals surface area (Å²) in [6.07, 6.45) is 6.11. The van der Waals surface area contributed by atoms with Gasteiger partial charge in [0.2, 0.25) is 5.91 Å². The number of hydrogen-bond acceptors (Lipinski definition) is 2. The molecule has 1 aliphatic rings. The minimum atomic E-state index is -0.177. The molecule has 1 rings (SSSR count). The van der Waals surface area contributed by atoms with Gasteiger partial charge in [-0.1, -0.05) is 19.8 Å². The Morgan fingerprint density at radius 1 is 1.50 bits per heavy atom. The van der Waals surface area contributed by atoms with Gasteiger partial charge in [0.25, 0.3) is 0 Å². The van der Waals surface area contributed by atoms with Crippen LogP contribution < -0.4 is 5.32 Å². The molecule has 0 aromatic rings. The zero-order valence-electron chi connectivity index (χ0n) is 8.84. The van der Waals surface area contributed by atoms with E-state index < -0.39 is 0 Å². The van der Waals surface area contributed by atoms with Crippen LogP contribution in [0.3, 0.4) is 0 Å². The summed E-state index contributed by atoms with van der Waals surface area (Å²) in [7, 11) is 0. The molecular formula is C11H19NO2. The van der Waals surface area contributed by atoms with E-state index >= 15 is 0 Å². The Bertz CT molecular complexity index is 213. The van der Waals surface area contributed by atoms with Crippen LogP contribution in [0.15, 0.2) is 0 Å². The summed E-state index contributed by atoms with van der Waals surface area (Å²) in [5.74, 6) is 0.243. The quantitative estimate of drug-likeness (QED) is 0.683. The fraction of sp³-hybridized carbons (Fsp3) is 0.818. The molecule has 0 aliphatic heterocycles. The van der Waals surface area contributed by atoms with E-state index in [1.54, 1.807) is 0 Å². The third-order valence-corrected chi connectivity index (χ3v) is 2.65. The average Bonchev–Trinajstić information content (AvgIpc) is 2.52. The van der Waals surface area contributed by atoms with E-state index in [4.69, 9.17) is 0 Å². The van der Waals surface area contributed by atoms with E-state index in [0.717, 1.165) is 32.1 Å². The molecule has 80 valence electrons. The summed E-state index contributed by atoms with van der Waals surface area (Å²) in [5.41, 5.74) is 0. The Morgan fingerprint density at radius 2 is 2.29 bits per heavy atom. The molecule has 1 saturated carbocycles. The maximum Gasteiger partial charge on any atom is 0.220 e. The summed E-state index contributed by atoms with van der Waals surface area (Å²) in [5, 5.41) is 2.80.